The summed E-state index contributed by atoms with van der Waals surface area (Å²) in [5.41, 5.74) is 9.86. The summed E-state index contributed by atoms with van der Waals surface area (Å²) in [4.78, 5) is 0. The molecule has 0 aliphatic carbocycles. The molecule has 0 heteroatoms. The Bertz CT molecular complexity index is 744. The van der Waals surface area contributed by atoms with Crippen molar-refractivity contribution in [2.75, 3.05) is 0 Å². The highest BCUT2D eigenvalue weighted by atomic mass is 14.3. The van der Waals surface area contributed by atoms with Gasteiger partial charge in [0, 0.05) is 0 Å². The first-order valence-electron chi connectivity index (χ1n) is 12.2. The zero-order valence-electron chi connectivity index (χ0n) is 22.6. The quantitative estimate of drug-likeness (QED) is 0.462. The lowest BCUT2D eigenvalue weighted by Gasteiger charge is -2.31. The van der Waals surface area contributed by atoms with E-state index < -0.39 is 0 Å². The van der Waals surface area contributed by atoms with Gasteiger partial charge in [-0.05, 0) is 74.3 Å². The molecule has 0 spiro atoms. The van der Waals surface area contributed by atoms with Crippen LogP contribution < -0.4 is 0 Å². The first-order valence-corrected chi connectivity index (χ1v) is 12.2. The lowest BCUT2D eigenvalue weighted by molar-refractivity contribution is 0.543. The second-order valence-corrected chi connectivity index (χ2v) is 13.5. The van der Waals surface area contributed by atoms with Crippen molar-refractivity contribution in [3.8, 4) is 0 Å². The van der Waals surface area contributed by atoms with Crippen LogP contribution in [-0.2, 0) is 34.5 Å². The third kappa shape index (κ3) is 6.24. The van der Waals surface area contributed by atoms with E-state index >= 15 is 0 Å². The average molecular weight is 421 g/mol. The number of rotatable bonds is 4. The van der Waals surface area contributed by atoms with Crippen LogP contribution in [-0.4, -0.2) is 0 Å². The molecule has 0 N–H and O–H groups in total. The van der Waals surface area contributed by atoms with Gasteiger partial charge < -0.3 is 0 Å². The fraction of sp³-hybridized carbons (Fsp3) is 0.613. The molecule has 2 aromatic carbocycles. The predicted octanol–water partition coefficient (Wildman–Crippen LogP) is 9.05. The summed E-state index contributed by atoms with van der Waals surface area (Å²) in [6, 6.07) is 13.9. The van der Waals surface area contributed by atoms with Gasteiger partial charge in [0.2, 0.25) is 0 Å². The van der Waals surface area contributed by atoms with Crippen molar-refractivity contribution in [2.24, 2.45) is 0 Å². The average Bonchev–Trinajstić information content (AvgIpc) is 2.58. The molecule has 0 saturated carbocycles. The van der Waals surface area contributed by atoms with E-state index in [4.69, 9.17) is 0 Å². The van der Waals surface area contributed by atoms with Crippen LogP contribution in [0.5, 0.6) is 0 Å². The van der Waals surface area contributed by atoms with Crippen LogP contribution in [0.15, 0.2) is 36.4 Å². The minimum absolute atomic E-state index is 0.163. The third-order valence-electron chi connectivity index (χ3n) is 6.44. The molecule has 0 unspecified atom stereocenters. The second kappa shape index (κ2) is 8.76. The van der Waals surface area contributed by atoms with Gasteiger partial charge in [0.1, 0.15) is 0 Å². The Morgan fingerprint density at radius 1 is 0.419 bits per heavy atom. The minimum atomic E-state index is 0.163. The minimum Gasteiger partial charge on any atom is -0.0617 e. The smallest absolute Gasteiger partial charge is 0.0129 e. The molecule has 172 valence electrons. The molecule has 0 nitrogen and oxygen atoms in total. The van der Waals surface area contributed by atoms with Crippen LogP contribution in [0, 0.1) is 0 Å². The maximum atomic E-state index is 2.36. The number of hydrogen-bond donors (Lipinski definition) is 0. The van der Waals surface area contributed by atoms with E-state index in [2.05, 4.69) is 119 Å². The summed E-state index contributed by atoms with van der Waals surface area (Å²) in [7, 11) is 0. The molecule has 2 rings (SSSR count). The molecule has 0 aliphatic rings. The Labute approximate surface area is 193 Å². The summed E-state index contributed by atoms with van der Waals surface area (Å²) in [6.07, 6.45) is 3.47. The van der Waals surface area contributed by atoms with Gasteiger partial charge in [0.15, 0.2) is 0 Å². The largest absolute Gasteiger partial charge is 0.0617 e. The summed E-state index contributed by atoms with van der Waals surface area (Å²) >= 11 is 0. The molecule has 0 fully saturated rings. The van der Waals surface area contributed by atoms with Gasteiger partial charge >= 0.3 is 0 Å². The van der Waals surface area contributed by atoms with E-state index in [-0.39, 0.29) is 21.7 Å². The first-order chi connectivity index (χ1) is 13.9. The van der Waals surface area contributed by atoms with E-state index in [0.717, 1.165) is 12.8 Å². The Hall–Kier alpha value is -1.56. The molecule has 0 saturated heterocycles. The molecule has 0 heterocycles. The molecule has 0 radical (unpaired) electrons. The standard InChI is InChI=1S/C31H48/c1-28(2,3)24-18-14-19-25(29(4,5)6)22(24)16-13-17-23-26(30(7,8)9)20-15-21-27(23)31(10,11)12/h14-15,18-21H,13,16-17H2,1-12H3. The molecule has 0 amide bonds. The highest BCUT2D eigenvalue weighted by molar-refractivity contribution is 5.45. The predicted molar refractivity (Wildman–Crippen MR) is 140 cm³/mol. The van der Waals surface area contributed by atoms with Crippen molar-refractivity contribution in [1.82, 2.24) is 0 Å². The monoisotopic (exact) mass is 420 g/mol. The Morgan fingerprint density at radius 3 is 0.839 bits per heavy atom. The highest BCUT2D eigenvalue weighted by Gasteiger charge is 2.27. The Kier molecular flexibility index (Phi) is 7.26. The lowest BCUT2D eigenvalue weighted by Crippen LogP contribution is -2.22. The van der Waals surface area contributed by atoms with E-state index in [1.807, 2.05) is 0 Å². The normalized spacial score (nSPS) is 13.5. The van der Waals surface area contributed by atoms with Crippen molar-refractivity contribution in [3.63, 3.8) is 0 Å². The summed E-state index contributed by atoms with van der Waals surface area (Å²) in [5.74, 6) is 0. The Morgan fingerprint density at radius 2 is 0.645 bits per heavy atom. The molecular formula is C31H48. The van der Waals surface area contributed by atoms with Gasteiger partial charge in [0.05, 0.1) is 0 Å². The SMILES string of the molecule is CC(C)(C)c1cccc(C(C)(C)C)c1CCCc1c(C(C)(C)C)cccc1C(C)(C)C. The molecular weight excluding hydrogens is 372 g/mol. The fourth-order valence-corrected chi connectivity index (χ4v) is 4.96. The number of hydrogen-bond acceptors (Lipinski definition) is 0. The van der Waals surface area contributed by atoms with Crippen LogP contribution in [0.25, 0.3) is 0 Å². The first kappa shape index (κ1) is 25.7. The van der Waals surface area contributed by atoms with Crippen molar-refractivity contribution in [1.29, 1.82) is 0 Å². The van der Waals surface area contributed by atoms with Crippen LogP contribution >= 0.6 is 0 Å². The molecule has 0 atom stereocenters. The van der Waals surface area contributed by atoms with Crippen LogP contribution in [0.1, 0.15) is 123 Å². The van der Waals surface area contributed by atoms with E-state index in [1.165, 1.54) is 28.7 Å². The third-order valence-corrected chi connectivity index (χ3v) is 6.44. The van der Waals surface area contributed by atoms with Crippen molar-refractivity contribution < 1.29 is 0 Å². The van der Waals surface area contributed by atoms with Crippen LogP contribution in [0.4, 0.5) is 0 Å². The fourth-order valence-electron chi connectivity index (χ4n) is 4.96. The molecule has 2 aromatic rings. The van der Waals surface area contributed by atoms with E-state index in [0.29, 0.717) is 0 Å². The zero-order chi connectivity index (χ0) is 23.8. The van der Waals surface area contributed by atoms with Gasteiger partial charge in [-0.25, -0.2) is 0 Å². The highest BCUT2D eigenvalue weighted by Crippen LogP contribution is 2.37. The molecule has 31 heavy (non-hydrogen) atoms. The van der Waals surface area contributed by atoms with Gasteiger partial charge in [-0.2, -0.15) is 0 Å². The van der Waals surface area contributed by atoms with Crippen molar-refractivity contribution >= 4 is 0 Å². The molecule has 0 bridgehead atoms. The molecule has 0 aliphatic heterocycles. The van der Waals surface area contributed by atoms with Crippen molar-refractivity contribution in [2.45, 2.75) is 124 Å². The van der Waals surface area contributed by atoms with Gasteiger partial charge in [-0.1, -0.05) is 119 Å². The van der Waals surface area contributed by atoms with Crippen molar-refractivity contribution in [3.05, 3.63) is 69.8 Å². The van der Waals surface area contributed by atoms with E-state index in [9.17, 15) is 0 Å². The maximum absolute atomic E-state index is 2.36. The van der Waals surface area contributed by atoms with Gasteiger partial charge in [-0.3, -0.25) is 0 Å². The van der Waals surface area contributed by atoms with Crippen LogP contribution in [0.2, 0.25) is 0 Å². The number of benzene rings is 2. The lowest BCUT2D eigenvalue weighted by atomic mass is 9.73. The van der Waals surface area contributed by atoms with Crippen LogP contribution in [0.3, 0.4) is 0 Å². The maximum Gasteiger partial charge on any atom is -0.0129 e. The summed E-state index contributed by atoms with van der Waals surface area (Å²) in [6.45, 7) is 28.2. The topological polar surface area (TPSA) is 0 Å². The molecule has 0 aromatic heterocycles. The second-order valence-electron chi connectivity index (χ2n) is 13.5. The summed E-state index contributed by atoms with van der Waals surface area (Å²) < 4.78 is 0. The summed E-state index contributed by atoms with van der Waals surface area (Å²) in [5, 5.41) is 0. The van der Waals surface area contributed by atoms with Gasteiger partial charge in [0.25, 0.3) is 0 Å². The van der Waals surface area contributed by atoms with E-state index in [1.54, 1.807) is 11.1 Å². The van der Waals surface area contributed by atoms with Gasteiger partial charge in [-0.15, -0.1) is 0 Å². The zero-order valence-corrected chi connectivity index (χ0v) is 22.6. The Balaban J connectivity index is 2.47.